The minimum atomic E-state index is -0.308. The average molecular weight is 396 g/mol. The predicted molar refractivity (Wildman–Crippen MR) is 111 cm³/mol. The van der Waals surface area contributed by atoms with Gasteiger partial charge in [-0.25, -0.2) is 0 Å². The molecule has 1 unspecified atom stereocenters. The first kappa shape index (κ1) is 20.1. The number of tetrazole rings is 1. The molecule has 0 aliphatic heterocycles. The molecule has 0 aliphatic rings. The summed E-state index contributed by atoms with van der Waals surface area (Å²) < 4.78 is 1.68. The lowest BCUT2D eigenvalue weighted by Crippen LogP contribution is -2.30. The van der Waals surface area contributed by atoms with Gasteiger partial charge in [-0.2, -0.15) is 4.68 Å². The van der Waals surface area contributed by atoms with Crippen LogP contribution in [0.1, 0.15) is 37.8 Å². The van der Waals surface area contributed by atoms with Crippen molar-refractivity contribution in [3.05, 3.63) is 65.7 Å². The van der Waals surface area contributed by atoms with Gasteiger partial charge in [0.2, 0.25) is 11.1 Å². The zero-order valence-electron chi connectivity index (χ0n) is 16.2. The lowest BCUT2D eigenvalue weighted by Gasteiger charge is -2.12. The zero-order valence-corrected chi connectivity index (χ0v) is 17.0. The Morgan fingerprint density at radius 1 is 1.11 bits per heavy atom. The minimum Gasteiger partial charge on any atom is -0.351 e. The Morgan fingerprint density at radius 3 is 2.57 bits per heavy atom. The Bertz CT molecular complexity index is 879. The van der Waals surface area contributed by atoms with Gasteiger partial charge in [-0.1, -0.05) is 67.6 Å². The largest absolute Gasteiger partial charge is 0.351 e. The number of unbranched alkanes of at least 4 members (excludes halogenated alkanes) is 1. The van der Waals surface area contributed by atoms with Crippen LogP contribution < -0.4 is 5.32 Å². The molecule has 0 fully saturated rings. The van der Waals surface area contributed by atoms with Gasteiger partial charge in [0.25, 0.3) is 0 Å². The van der Waals surface area contributed by atoms with Gasteiger partial charge >= 0.3 is 0 Å². The molecular formula is C21H25N5OS. The summed E-state index contributed by atoms with van der Waals surface area (Å²) in [5.41, 5.74) is 3.27. The van der Waals surface area contributed by atoms with E-state index in [1.165, 1.54) is 30.2 Å². The van der Waals surface area contributed by atoms with Crippen LogP contribution in [0.3, 0.4) is 0 Å². The van der Waals surface area contributed by atoms with Crippen LogP contribution in [0.25, 0.3) is 5.69 Å². The van der Waals surface area contributed by atoms with Crippen LogP contribution in [0, 0.1) is 0 Å². The molecule has 1 heterocycles. The van der Waals surface area contributed by atoms with Crippen molar-refractivity contribution in [2.75, 3.05) is 0 Å². The molecule has 0 saturated heterocycles. The monoisotopic (exact) mass is 395 g/mol. The van der Waals surface area contributed by atoms with Crippen molar-refractivity contribution in [1.29, 1.82) is 0 Å². The minimum absolute atomic E-state index is 0.0432. The van der Waals surface area contributed by atoms with E-state index in [1.807, 2.05) is 49.4 Å². The first-order valence-corrected chi connectivity index (χ1v) is 10.4. The molecule has 0 radical (unpaired) electrons. The van der Waals surface area contributed by atoms with Crippen LogP contribution >= 0.6 is 11.8 Å². The maximum atomic E-state index is 12.4. The maximum absolute atomic E-state index is 12.4. The quantitative estimate of drug-likeness (QED) is 0.558. The Hall–Kier alpha value is -2.67. The third-order valence-electron chi connectivity index (χ3n) is 4.40. The summed E-state index contributed by atoms with van der Waals surface area (Å²) in [6, 6.07) is 18.1. The van der Waals surface area contributed by atoms with Crippen molar-refractivity contribution < 1.29 is 4.79 Å². The van der Waals surface area contributed by atoms with Crippen LogP contribution in [0.15, 0.2) is 59.8 Å². The summed E-state index contributed by atoms with van der Waals surface area (Å²) in [6.45, 7) is 4.56. The fourth-order valence-corrected chi connectivity index (χ4v) is 3.57. The van der Waals surface area contributed by atoms with Crippen molar-refractivity contribution in [2.24, 2.45) is 0 Å². The topological polar surface area (TPSA) is 72.7 Å². The Labute approximate surface area is 169 Å². The molecule has 0 aliphatic carbocycles. The number of nitrogens with zero attached hydrogens (tertiary/aromatic N) is 4. The van der Waals surface area contributed by atoms with Crippen molar-refractivity contribution >= 4 is 17.7 Å². The van der Waals surface area contributed by atoms with E-state index in [0.29, 0.717) is 11.7 Å². The van der Waals surface area contributed by atoms with Crippen LogP contribution in [0.2, 0.25) is 0 Å². The van der Waals surface area contributed by atoms with E-state index >= 15 is 0 Å². The summed E-state index contributed by atoms with van der Waals surface area (Å²) in [7, 11) is 0. The number of carbonyl (C=O) groups is 1. The molecule has 0 bridgehead atoms. The number of rotatable bonds is 9. The number of aryl methyl sites for hydroxylation is 1. The number of benzene rings is 2. The number of aromatic nitrogens is 4. The van der Waals surface area contributed by atoms with Crippen LogP contribution in [0.4, 0.5) is 0 Å². The zero-order chi connectivity index (χ0) is 19.8. The molecule has 146 valence electrons. The number of amides is 1. The number of hydrogen-bond acceptors (Lipinski definition) is 5. The SMILES string of the molecule is CCCCc1ccc(-n2nnnc2SC(C)C(=O)NCc2ccccc2)cc1. The van der Waals surface area contributed by atoms with Crippen molar-refractivity contribution in [3.8, 4) is 5.69 Å². The Kier molecular flexibility index (Phi) is 7.19. The van der Waals surface area contributed by atoms with Crippen molar-refractivity contribution in [3.63, 3.8) is 0 Å². The van der Waals surface area contributed by atoms with E-state index < -0.39 is 0 Å². The van der Waals surface area contributed by atoms with Gasteiger partial charge < -0.3 is 5.32 Å². The van der Waals surface area contributed by atoms with Crippen molar-refractivity contribution in [2.45, 2.75) is 50.1 Å². The molecule has 28 heavy (non-hydrogen) atoms. The van der Waals surface area contributed by atoms with Gasteiger partial charge in [0.15, 0.2) is 0 Å². The summed E-state index contributed by atoms with van der Waals surface area (Å²) in [5.74, 6) is -0.0432. The molecule has 2 aromatic carbocycles. The second kappa shape index (κ2) is 10.0. The molecule has 1 amide bonds. The average Bonchev–Trinajstić information content (AvgIpc) is 3.19. The number of thioether (sulfide) groups is 1. The molecule has 7 heteroatoms. The first-order valence-electron chi connectivity index (χ1n) is 9.53. The number of hydrogen-bond donors (Lipinski definition) is 1. The molecule has 1 aromatic heterocycles. The molecule has 6 nitrogen and oxygen atoms in total. The molecule has 3 rings (SSSR count). The highest BCUT2D eigenvalue weighted by atomic mass is 32.2. The molecular weight excluding hydrogens is 370 g/mol. The van der Waals surface area contributed by atoms with Gasteiger partial charge in [-0.15, -0.1) is 5.10 Å². The highest BCUT2D eigenvalue weighted by Crippen LogP contribution is 2.23. The normalized spacial score (nSPS) is 11.9. The van der Waals surface area contributed by atoms with Gasteiger partial charge in [-0.05, 0) is 53.5 Å². The molecule has 0 saturated carbocycles. The Balaban J connectivity index is 1.60. The lowest BCUT2D eigenvalue weighted by atomic mass is 10.1. The van der Waals surface area contributed by atoms with E-state index in [1.54, 1.807) is 4.68 Å². The summed E-state index contributed by atoms with van der Waals surface area (Å²) in [6.07, 6.45) is 3.44. The van der Waals surface area contributed by atoms with Crippen molar-refractivity contribution in [1.82, 2.24) is 25.5 Å². The van der Waals surface area contributed by atoms with Gasteiger partial charge in [0, 0.05) is 6.54 Å². The van der Waals surface area contributed by atoms with Gasteiger partial charge in [0.1, 0.15) is 0 Å². The van der Waals surface area contributed by atoms with E-state index in [2.05, 4.69) is 39.9 Å². The number of carbonyl (C=O) groups excluding carboxylic acids is 1. The standard InChI is InChI=1S/C21H25N5OS/c1-3-4-8-17-11-13-19(14-12-17)26-21(23-24-25-26)28-16(2)20(27)22-15-18-9-6-5-7-10-18/h5-7,9-14,16H,3-4,8,15H2,1-2H3,(H,22,27). The highest BCUT2D eigenvalue weighted by Gasteiger charge is 2.19. The number of nitrogens with one attached hydrogen (secondary N) is 1. The van der Waals surface area contributed by atoms with Crippen LogP contribution in [-0.2, 0) is 17.8 Å². The van der Waals surface area contributed by atoms with Gasteiger partial charge in [-0.3, -0.25) is 4.79 Å². The molecule has 1 N–H and O–H groups in total. The molecule has 1 atom stereocenters. The van der Waals surface area contributed by atoms with E-state index in [-0.39, 0.29) is 11.2 Å². The fourth-order valence-electron chi connectivity index (χ4n) is 2.74. The molecule has 0 spiro atoms. The van der Waals surface area contributed by atoms with E-state index in [9.17, 15) is 4.79 Å². The fraction of sp³-hybridized carbons (Fsp3) is 0.333. The second-order valence-electron chi connectivity index (χ2n) is 6.61. The van der Waals surface area contributed by atoms with E-state index in [4.69, 9.17) is 0 Å². The first-order chi connectivity index (χ1) is 13.7. The van der Waals surface area contributed by atoms with E-state index in [0.717, 1.165) is 17.7 Å². The van der Waals surface area contributed by atoms with Crippen LogP contribution in [0.5, 0.6) is 0 Å². The summed E-state index contributed by atoms with van der Waals surface area (Å²) >= 11 is 1.35. The second-order valence-corrected chi connectivity index (χ2v) is 7.91. The third-order valence-corrected chi connectivity index (χ3v) is 5.43. The maximum Gasteiger partial charge on any atom is 0.233 e. The van der Waals surface area contributed by atoms with Crippen LogP contribution in [-0.4, -0.2) is 31.4 Å². The predicted octanol–water partition coefficient (Wildman–Crippen LogP) is 3.80. The summed E-state index contributed by atoms with van der Waals surface area (Å²) in [5, 5.41) is 15.2. The van der Waals surface area contributed by atoms with Gasteiger partial charge in [0.05, 0.1) is 10.9 Å². The lowest BCUT2D eigenvalue weighted by molar-refractivity contribution is -0.120. The highest BCUT2D eigenvalue weighted by molar-refractivity contribution is 8.00. The summed E-state index contributed by atoms with van der Waals surface area (Å²) in [4.78, 5) is 12.4. The third kappa shape index (κ3) is 5.42. The molecule has 3 aromatic rings. The Morgan fingerprint density at radius 2 is 1.86 bits per heavy atom. The smallest absolute Gasteiger partial charge is 0.233 e.